The molecule has 1 aromatic heterocycles. The second-order valence-electron chi connectivity index (χ2n) is 7.09. The molecule has 3 heterocycles. The second kappa shape index (κ2) is 7.96. The van der Waals surface area contributed by atoms with Gasteiger partial charge in [0.2, 0.25) is 5.95 Å². The van der Waals surface area contributed by atoms with Crippen molar-refractivity contribution in [2.24, 2.45) is 0 Å². The minimum Gasteiger partial charge on any atom is -0.493 e. The van der Waals surface area contributed by atoms with E-state index in [1.54, 1.807) is 0 Å². The fourth-order valence-electron chi connectivity index (χ4n) is 3.72. The van der Waals surface area contributed by atoms with Crippen molar-refractivity contribution in [2.45, 2.75) is 32.6 Å². The Kier molecular flexibility index (Phi) is 5.25. The lowest BCUT2D eigenvalue weighted by atomic mass is 9.94. The average molecular weight is 365 g/mol. The van der Waals surface area contributed by atoms with Gasteiger partial charge in [0.05, 0.1) is 6.61 Å². The third-order valence-corrected chi connectivity index (χ3v) is 5.01. The standard InChI is InChI=1S/C21H27N5O/c1-14-11-19(22-2)26-21(24-14)25-17-12-16-6-4-10-27-20(16)18(13-17)15-5-3-8-23-9-7-15/h7,11-13,23H,3-6,8-10H2,1-2H3,(H2,22,24,25,26). The summed E-state index contributed by atoms with van der Waals surface area (Å²) in [4.78, 5) is 9.06. The molecular weight excluding hydrogens is 338 g/mol. The zero-order valence-corrected chi connectivity index (χ0v) is 16.1. The molecule has 0 aliphatic carbocycles. The van der Waals surface area contributed by atoms with Crippen molar-refractivity contribution in [3.05, 3.63) is 41.1 Å². The Morgan fingerprint density at radius 3 is 2.93 bits per heavy atom. The van der Waals surface area contributed by atoms with Gasteiger partial charge in [0, 0.05) is 36.6 Å². The van der Waals surface area contributed by atoms with Gasteiger partial charge in [0.1, 0.15) is 11.6 Å². The minimum absolute atomic E-state index is 0.610. The summed E-state index contributed by atoms with van der Waals surface area (Å²) < 4.78 is 6.08. The molecule has 4 rings (SSSR count). The van der Waals surface area contributed by atoms with Gasteiger partial charge >= 0.3 is 0 Å². The lowest BCUT2D eigenvalue weighted by Gasteiger charge is -2.23. The van der Waals surface area contributed by atoms with Crippen LogP contribution in [0.1, 0.15) is 36.1 Å². The largest absolute Gasteiger partial charge is 0.493 e. The van der Waals surface area contributed by atoms with E-state index in [4.69, 9.17) is 4.74 Å². The first-order chi connectivity index (χ1) is 13.2. The number of nitrogens with zero attached hydrogens (tertiary/aromatic N) is 2. The molecule has 6 heteroatoms. The van der Waals surface area contributed by atoms with Crippen LogP contribution in [-0.2, 0) is 6.42 Å². The molecule has 0 amide bonds. The summed E-state index contributed by atoms with van der Waals surface area (Å²) in [5, 5.41) is 9.93. The van der Waals surface area contributed by atoms with E-state index in [9.17, 15) is 0 Å². The van der Waals surface area contributed by atoms with Gasteiger partial charge in [-0.3, -0.25) is 0 Å². The smallest absolute Gasteiger partial charge is 0.229 e. The summed E-state index contributed by atoms with van der Waals surface area (Å²) >= 11 is 0. The van der Waals surface area contributed by atoms with E-state index in [2.05, 4.69) is 44.1 Å². The molecule has 0 spiro atoms. The number of rotatable bonds is 4. The van der Waals surface area contributed by atoms with Crippen molar-refractivity contribution in [2.75, 3.05) is 37.4 Å². The van der Waals surface area contributed by atoms with E-state index in [1.807, 2.05) is 20.0 Å². The first kappa shape index (κ1) is 17.8. The molecule has 1 aromatic carbocycles. The lowest BCUT2D eigenvalue weighted by molar-refractivity contribution is 0.287. The number of benzene rings is 1. The first-order valence-electron chi connectivity index (χ1n) is 9.73. The maximum Gasteiger partial charge on any atom is 0.229 e. The number of allylic oxidation sites excluding steroid dienone is 1. The van der Waals surface area contributed by atoms with E-state index in [0.717, 1.165) is 68.3 Å². The normalized spacial score (nSPS) is 16.6. The number of ether oxygens (including phenoxy) is 1. The summed E-state index contributed by atoms with van der Waals surface area (Å²) in [6, 6.07) is 6.30. The highest BCUT2D eigenvalue weighted by Crippen LogP contribution is 2.38. The van der Waals surface area contributed by atoms with Crippen molar-refractivity contribution in [1.82, 2.24) is 15.3 Å². The zero-order valence-electron chi connectivity index (χ0n) is 16.1. The summed E-state index contributed by atoms with van der Waals surface area (Å²) in [6.07, 6.45) is 6.61. The number of nitrogens with one attached hydrogen (secondary N) is 3. The molecule has 6 nitrogen and oxygen atoms in total. The van der Waals surface area contributed by atoms with E-state index in [0.29, 0.717) is 5.95 Å². The van der Waals surface area contributed by atoms with Crippen LogP contribution in [0.5, 0.6) is 5.75 Å². The quantitative estimate of drug-likeness (QED) is 0.768. The maximum absolute atomic E-state index is 6.08. The molecule has 27 heavy (non-hydrogen) atoms. The summed E-state index contributed by atoms with van der Waals surface area (Å²) in [5.74, 6) is 2.48. The topological polar surface area (TPSA) is 71.1 Å². The molecule has 0 fully saturated rings. The van der Waals surface area contributed by atoms with E-state index >= 15 is 0 Å². The van der Waals surface area contributed by atoms with Crippen molar-refractivity contribution in [1.29, 1.82) is 0 Å². The van der Waals surface area contributed by atoms with Crippen LogP contribution in [0.3, 0.4) is 0 Å². The third kappa shape index (κ3) is 4.06. The van der Waals surface area contributed by atoms with Gasteiger partial charge in [0.15, 0.2) is 0 Å². The Labute approximate surface area is 160 Å². The summed E-state index contributed by atoms with van der Waals surface area (Å²) in [5.41, 5.74) is 5.78. The molecule has 0 saturated carbocycles. The van der Waals surface area contributed by atoms with Gasteiger partial charge in [-0.05, 0) is 62.4 Å². The van der Waals surface area contributed by atoms with E-state index < -0.39 is 0 Å². The Bertz CT molecular complexity index is 862. The minimum atomic E-state index is 0.610. The highest BCUT2D eigenvalue weighted by molar-refractivity contribution is 5.77. The molecule has 0 atom stereocenters. The lowest BCUT2D eigenvalue weighted by Crippen LogP contribution is -2.12. The van der Waals surface area contributed by atoms with Crippen LogP contribution in [-0.4, -0.2) is 36.7 Å². The highest BCUT2D eigenvalue weighted by Gasteiger charge is 2.20. The molecule has 2 aromatic rings. The van der Waals surface area contributed by atoms with Crippen LogP contribution in [0.4, 0.5) is 17.5 Å². The Balaban J connectivity index is 1.72. The number of fused-ring (bicyclic) bond motifs is 1. The molecule has 0 unspecified atom stereocenters. The average Bonchev–Trinajstić information content (AvgIpc) is 2.96. The predicted octanol–water partition coefficient (Wildman–Crippen LogP) is 3.66. The van der Waals surface area contributed by atoms with Crippen LogP contribution < -0.4 is 20.7 Å². The Morgan fingerprint density at radius 2 is 2.04 bits per heavy atom. The first-order valence-corrected chi connectivity index (χ1v) is 9.73. The van der Waals surface area contributed by atoms with Crippen LogP contribution in [0.25, 0.3) is 5.57 Å². The zero-order chi connectivity index (χ0) is 18.6. The summed E-state index contributed by atoms with van der Waals surface area (Å²) in [7, 11) is 1.87. The molecular formula is C21H27N5O. The molecule has 3 N–H and O–H groups in total. The van der Waals surface area contributed by atoms with Gasteiger partial charge in [0.25, 0.3) is 0 Å². The monoisotopic (exact) mass is 365 g/mol. The molecule has 0 bridgehead atoms. The fraction of sp³-hybridized carbons (Fsp3) is 0.429. The van der Waals surface area contributed by atoms with E-state index in [1.165, 1.54) is 16.7 Å². The van der Waals surface area contributed by atoms with Gasteiger partial charge in [-0.15, -0.1) is 0 Å². The Morgan fingerprint density at radius 1 is 1.11 bits per heavy atom. The maximum atomic E-state index is 6.08. The second-order valence-corrected chi connectivity index (χ2v) is 7.09. The van der Waals surface area contributed by atoms with E-state index in [-0.39, 0.29) is 0 Å². The fourth-order valence-corrected chi connectivity index (χ4v) is 3.72. The number of hydrogen-bond acceptors (Lipinski definition) is 6. The van der Waals surface area contributed by atoms with Crippen LogP contribution >= 0.6 is 0 Å². The van der Waals surface area contributed by atoms with Gasteiger partial charge in [-0.1, -0.05) is 6.08 Å². The van der Waals surface area contributed by atoms with Gasteiger partial charge < -0.3 is 20.7 Å². The third-order valence-electron chi connectivity index (χ3n) is 5.01. The van der Waals surface area contributed by atoms with Crippen molar-refractivity contribution >= 4 is 23.0 Å². The Hall–Kier alpha value is -2.60. The molecule has 0 radical (unpaired) electrons. The van der Waals surface area contributed by atoms with Crippen LogP contribution in [0.2, 0.25) is 0 Å². The molecule has 0 saturated heterocycles. The van der Waals surface area contributed by atoms with Gasteiger partial charge in [-0.2, -0.15) is 4.98 Å². The van der Waals surface area contributed by atoms with Crippen LogP contribution in [0, 0.1) is 6.92 Å². The number of aryl methyl sites for hydroxylation is 2. The number of hydrogen-bond donors (Lipinski definition) is 3. The molecule has 2 aliphatic rings. The summed E-state index contributed by atoms with van der Waals surface area (Å²) in [6.45, 7) is 4.74. The number of aromatic nitrogens is 2. The van der Waals surface area contributed by atoms with Crippen molar-refractivity contribution in [3.63, 3.8) is 0 Å². The molecule has 142 valence electrons. The van der Waals surface area contributed by atoms with Crippen LogP contribution in [0.15, 0.2) is 24.3 Å². The predicted molar refractivity (Wildman–Crippen MR) is 110 cm³/mol. The van der Waals surface area contributed by atoms with Crippen molar-refractivity contribution < 1.29 is 4.74 Å². The van der Waals surface area contributed by atoms with Crippen molar-refractivity contribution in [3.8, 4) is 5.75 Å². The SMILES string of the molecule is CNc1cc(C)nc(Nc2cc3c(c(C4=CCNCCC4)c2)OCCC3)n1. The number of anilines is 3. The highest BCUT2D eigenvalue weighted by atomic mass is 16.5. The molecule has 2 aliphatic heterocycles. The van der Waals surface area contributed by atoms with Gasteiger partial charge in [-0.25, -0.2) is 4.98 Å².